The molecule has 0 bridgehead atoms. The molecule has 0 N–H and O–H groups in total. The van der Waals surface area contributed by atoms with Gasteiger partial charge in [0, 0.05) is 33.1 Å². The summed E-state index contributed by atoms with van der Waals surface area (Å²) in [5.74, 6) is 0. The molecular formula is C32H21IN2. The average molecular weight is 560 g/mol. The molecule has 0 fully saturated rings. The first-order valence-corrected chi connectivity index (χ1v) is 12.6. The molecule has 2 heterocycles. The van der Waals surface area contributed by atoms with Crippen LogP contribution in [-0.4, -0.2) is 9.97 Å². The molecule has 3 heteroatoms. The molecule has 0 saturated heterocycles. The summed E-state index contributed by atoms with van der Waals surface area (Å²) in [4.78, 5) is 8.89. The minimum atomic E-state index is 1.00. The molecule has 4 aromatic carbocycles. The summed E-state index contributed by atoms with van der Waals surface area (Å²) in [6, 6.07) is 38.8. The second-order valence-corrected chi connectivity index (χ2v) is 9.77. The highest BCUT2D eigenvalue weighted by Gasteiger charge is 2.06. The molecule has 6 rings (SSSR count). The number of nitrogens with zero attached hydrogens (tertiary/aromatic N) is 2. The van der Waals surface area contributed by atoms with Gasteiger partial charge in [0.15, 0.2) is 0 Å². The minimum Gasteiger partial charge on any atom is -0.265 e. The highest BCUT2D eigenvalue weighted by Crippen LogP contribution is 2.30. The van der Waals surface area contributed by atoms with Crippen molar-refractivity contribution in [3.8, 4) is 44.5 Å². The van der Waals surface area contributed by atoms with Crippen molar-refractivity contribution in [2.75, 3.05) is 0 Å². The van der Waals surface area contributed by atoms with Crippen LogP contribution in [0.25, 0.3) is 55.4 Å². The second-order valence-electron chi connectivity index (χ2n) is 8.53. The maximum Gasteiger partial charge on any atom is 0.0708 e. The summed E-state index contributed by atoms with van der Waals surface area (Å²) in [5, 5.41) is 1.14. The number of hydrogen-bond acceptors (Lipinski definition) is 2. The lowest BCUT2D eigenvalue weighted by molar-refractivity contribution is 1.33. The largest absolute Gasteiger partial charge is 0.265 e. The SMILES string of the molecule is Ic1ccc(-c2ccc(-c3ccc4cc(-c5ccc(-c6ccncc6)cc5)cnc4c3)cc2)cc1. The van der Waals surface area contributed by atoms with Crippen LogP contribution in [0.15, 0.2) is 128 Å². The van der Waals surface area contributed by atoms with E-state index in [1.165, 1.54) is 37.0 Å². The van der Waals surface area contributed by atoms with Crippen LogP contribution in [0.5, 0.6) is 0 Å². The van der Waals surface area contributed by atoms with Gasteiger partial charge in [-0.25, -0.2) is 0 Å². The molecule has 0 aliphatic heterocycles. The van der Waals surface area contributed by atoms with Crippen molar-refractivity contribution in [3.05, 3.63) is 131 Å². The number of fused-ring (bicyclic) bond motifs is 1. The standard InChI is InChI=1S/C32H21IN2/c33-31-13-11-24(12-14-31)22-1-5-25(6-2-22)28-9-10-29-19-30(21-35-32(29)20-28)26-7-3-23(4-8-26)27-15-17-34-18-16-27/h1-21H. The number of benzene rings is 4. The summed E-state index contributed by atoms with van der Waals surface area (Å²) in [6.07, 6.45) is 5.61. The van der Waals surface area contributed by atoms with Gasteiger partial charge < -0.3 is 0 Å². The van der Waals surface area contributed by atoms with Gasteiger partial charge in [-0.05, 0) is 97.9 Å². The maximum absolute atomic E-state index is 4.79. The Morgan fingerprint density at radius 2 is 0.886 bits per heavy atom. The van der Waals surface area contributed by atoms with Crippen LogP contribution < -0.4 is 0 Å². The number of aromatic nitrogens is 2. The fraction of sp³-hybridized carbons (Fsp3) is 0. The van der Waals surface area contributed by atoms with Gasteiger partial charge in [0.25, 0.3) is 0 Å². The zero-order valence-electron chi connectivity index (χ0n) is 18.9. The molecule has 0 radical (unpaired) electrons. The van der Waals surface area contributed by atoms with Gasteiger partial charge in [-0.3, -0.25) is 9.97 Å². The topological polar surface area (TPSA) is 25.8 Å². The van der Waals surface area contributed by atoms with E-state index in [4.69, 9.17) is 4.98 Å². The van der Waals surface area contributed by atoms with Crippen molar-refractivity contribution in [2.45, 2.75) is 0 Å². The van der Waals surface area contributed by atoms with Gasteiger partial charge in [0.2, 0.25) is 0 Å². The van der Waals surface area contributed by atoms with Crippen LogP contribution >= 0.6 is 22.6 Å². The van der Waals surface area contributed by atoms with E-state index in [1.54, 1.807) is 0 Å². The van der Waals surface area contributed by atoms with Crippen LogP contribution in [0.1, 0.15) is 0 Å². The van der Waals surface area contributed by atoms with Gasteiger partial charge in [-0.1, -0.05) is 72.8 Å². The third-order valence-corrected chi connectivity index (χ3v) is 7.03. The quantitative estimate of drug-likeness (QED) is 0.201. The Hall–Kier alpha value is -3.83. The lowest BCUT2D eigenvalue weighted by atomic mass is 9.98. The predicted molar refractivity (Wildman–Crippen MR) is 154 cm³/mol. The monoisotopic (exact) mass is 560 g/mol. The Labute approximate surface area is 218 Å². The predicted octanol–water partition coefficient (Wildman–Crippen LogP) is 8.90. The van der Waals surface area contributed by atoms with E-state index in [2.05, 4.69) is 125 Å². The molecule has 0 atom stereocenters. The summed E-state index contributed by atoms with van der Waals surface area (Å²) in [5.41, 5.74) is 10.5. The first-order chi connectivity index (χ1) is 17.2. The summed E-state index contributed by atoms with van der Waals surface area (Å²) in [6.45, 7) is 0. The highest BCUT2D eigenvalue weighted by atomic mass is 127. The fourth-order valence-electron chi connectivity index (χ4n) is 4.36. The molecule has 0 spiro atoms. The Bertz CT molecular complexity index is 1610. The lowest BCUT2D eigenvalue weighted by Crippen LogP contribution is -1.86. The molecule has 2 aromatic heterocycles. The third kappa shape index (κ3) is 4.60. The number of hydrogen-bond donors (Lipinski definition) is 0. The fourth-order valence-corrected chi connectivity index (χ4v) is 4.72. The maximum atomic E-state index is 4.79. The average Bonchev–Trinajstić information content (AvgIpc) is 2.94. The van der Waals surface area contributed by atoms with E-state index in [-0.39, 0.29) is 0 Å². The van der Waals surface area contributed by atoms with Crippen molar-refractivity contribution in [1.29, 1.82) is 0 Å². The third-order valence-electron chi connectivity index (χ3n) is 6.31. The Balaban J connectivity index is 1.26. The van der Waals surface area contributed by atoms with Crippen molar-refractivity contribution in [3.63, 3.8) is 0 Å². The van der Waals surface area contributed by atoms with E-state index < -0.39 is 0 Å². The molecule has 0 aliphatic carbocycles. The van der Waals surface area contributed by atoms with Crippen molar-refractivity contribution in [2.24, 2.45) is 0 Å². The van der Waals surface area contributed by atoms with Crippen LogP contribution in [-0.2, 0) is 0 Å². The van der Waals surface area contributed by atoms with Gasteiger partial charge in [-0.2, -0.15) is 0 Å². The zero-order valence-corrected chi connectivity index (χ0v) is 21.1. The van der Waals surface area contributed by atoms with E-state index in [1.807, 2.05) is 30.7 Å². The molecule has 0 unspecified atom stereocenters. The molecule has 0 saturated carbocycles. The number of rotatable bonds is 4. The summed E-state index contributed by atoms with van der Waals surface area (Å²) in [7, 11) is 0. The van der Waals surface area contributed by atoms with Crippen LogP contribution in [0, 0.1) is 3.57 Å². The normalized spacial score (nSPS) is 11.0. The van der Waals surface area contributed by atoms with Crippen molar-refractivity contribution < 1.29 is 0 Å². The van der Waals surface area contributed by atoms with Crippen LogP contribution in [0.3, 0.4) is 0 Å². The molecule has 0 aliphatic rings. The van der Waals surface area contributed by atoms with Gasteiger partial charge in [-0.15, -0.1) is 0 Å². The van der Waals surface area contributed by atoms with E-state index in [0.29, 0.717) is 0 Å². The van der Waals surface area contributed by atoms with Gasteiger partial charge in [0.05, 0.1) is 5.52 Å². The van der Waals surface area contributed by atoms with E-state index in [9.17, 15) is 0 Å². The first-order valence-electron chi connectivity index (χ1n) is 11.5. The minimum absolute atomic E-state index is 1.00. The summed E-state index contributed by atoms with van der Waals surface area (Å²) < 4.78 is 1.25. The molecule has 0 amide bonds. The summed E-state index contributed by atoms with van der Waals surface area (Å²) >= 11 is 2.34. The molecule has 2 nitrogen and oxygen atoms in total. The molecule has 166 valence electrons. The highest BCUT2D eigenvalue weighted by molar-refractivity contribution is 14.1. The van der Waals surface area contributed by atoms with Crippen molar-refractivity contribution >= 4 is 33.5 Å². The first kappa shape index (κ1) is 21.7. The zero-order chi connectivity index (χ0) is 23.6. The lowest BCUT2D eigenvalue weighted by Gasteiger charge is -2.08. The van der Waals surface area contributed by atoms with Gasteiger partial charge >= 0.3 is 0 Å². The Morgan fingerprint density at radius 3 is 1.49 bits per heavy atom. The Kier molecular flexibility index (Phi) is 5.84. The second kappa shape index (κ2) is 9.43. The number of pyridine rings is 2. The molecular weight excluding hydrogens is 539 g/mol. The smallest absolute Gasteiger partial charge is 0.0708 e. The van der Waals surface area contributed by atoms with Crippen LogP contribution in [0.4, 0.5) is 0 Å². The molecule has 35 heavy (non-hydrogen) atoms. The van der Waals surface area contributed by atoms with E-state index >= 15 is 0 Å². The van der Waals surface area contributed by atoms with Crippen molar-refractivity contribution in [1.82, 2.24) is 9.97 Å². The van der Waals surface area contributed by atoms with Gasteiger partial charge in [0.1, 0.15) is 0 Å². The van der Waals surface area contributed by atoms with E-state index in [0.717, 1.165) is 22.0 Å². The molecule has 6 aromatic rings. The Morgan fingerprint density at radius 1 is 0.429 bits per heavy atom. The number of halogens is 1. The van der Waals surface area contributed by atoms with Crippen LogP contribution in [0.2, 0.25) is 0 Å².